The summed E-state index contributed by atoms with van der Waals surface area (Å²) in [6, 6.07) is 0. The molecule has 18 heavy (non-hydrogen) atoms. The van der Waals surface area contributed by atoms with Crippen LogP contribution in [0.2, 0.25) is 0 Å². The van der Waals surface area contributed by atoms with E-state index in [9.17, 15) is 9.90 Å². The second kappa shape index (κ2) is 17.2. The largest absolute Gasteiger partial charge is 1.00 e. The van der Waals surface area contributed by atoms with Crippen molar-refractivity contribution in [3.05, 3.63) is 0 Å². The number of ether oxygens (including phenoxy) is 1. The summed E-state index contributed by atoms with van der Waals surface area (Å²) in [5.74, 6) is 0. The van der Waals surface area contributed by atoms with Crippen molar-refractivity contribution < 1.29 is 49.3 Å². The van der Waals surface area contributed by atoms with Crippen LogP contribution in [-0.4, -0.2) is 24.5 Å². The number of aliphatic hydroxyl groups excluding tert-OH is 1. The van der Waals surface area contributed by atoms with Gasteiger partial charge in [0.25, 0.3) is 6.16 Å². The second-order valence-corrected chi connectivity index (χ2v) is 4.36. The summed E-state index contributed by atoms with van der Waals surface area (Å²) >= 11 is 0. The fourth-order valence-electron chi connectivity index (χ4n) is 1.78. The van der Waals surface area contributed by atoms with E-state index in [4.69, 9.17) is 5.11 Å². The molecule has 0 heterocycles. The van der Waals surface area contributed by atoms with Gasteiger partial charge in [0, 0.05) is 13.2 Å². The zero-order chi connectivity index (χ0) is 12.8. The monoisotopic (exact) mass is 268 g/mol. The number of unbranched alkanes of at least 4 members (excludes halogenated alkanes) is 9. The average molecular weight is 268 g/mol. The first-order chi connectivity index (χ1) is 8.27. The van der Waals surface area contributed by atoms with Crippen LogP contribution in [0, 0.1) is 0 Å². The van der Waals surface area contributed by atoms with Gasteiger partial charge in [0.1, 0.15) is 0 Å². The Bertz CT molecular complexity index is 176. The Kier molecular flexibility index (Phi) is 19.7. The summed E-state index contributed by atoms with van der Waals surface area (Å²) in [7, 11) is 0. The van der Waals surface area contributed by atoms with Gasteiger partial charge in [-0.15, -0.1) is 0 Å². The molecular formula is C13H25NaO4. The van der Waals surface area contributed by atoms with Gasteiger partial charge in [-0.3, -0.25) is 0 Å². The smallest absolute Gasteiger partial charge is 0.550 e. The molecule has 0 unspecified atom stereocenters. The molecule has 0 aliphatic heterocycles. The number of carboxylic acid groups (broad SMARTS) is 1. The van der Waals surface area contributed by atoms with E-state index < -0.39 is 6.16 Å². The van der Waals surface area contributed by atoms with Crippen molar-refractivity contribution in [1.82, 2.24) is 0 Å². The molecule has 0 bridgehead atoms. The SMILES string of the molecule is O=C([O-])OCCCCCCCCCCCCO.[Na+]. The third kappa shape index (κ3) is 18.6. The predicted molar refractivity (Wildman–Crippen MR) is 64.6 cm³/mol. The van der Waals surface area contributed by atoms with Crippen molar-refractivity contribution in [2.45, 2.75) is 64.2 Å². The molecule has 0 aromatic rings. The van der Waals surface area contributed by atoms with E-state index in [1.165, 1.54) is 32.1 Å². The zero-order valence-corrected chi connectivity index (χ0v) is 13.7. The maximum Gasteiger partial charge on any atom is 1.00 e. The zero-order valence-electron chi connectivity index (χ0n) is 11.7. The van der Waals surface area contributed by atoms with E-state index in [1.54, 1.807) is 0 Å². The van der Waals surface area contributed by atoms with Crippen molar-refractivity contribution in [2.75, 3.05) is 13.2 Å². The Morgan fingerprint density at radius 2 is 1.22 bits per heavy atom. The van der Waals surface area contributed by atoms with Gasteiger partial charge in [-0.05, 0) is 12.8 Å². The molecule has 0 fully saturated rings. The van der Waals surface area contributed by atoms with Gasteiger partial charge in [-0.25, -0.2) is 0 Å². The minimum absolute atomic E-state index is 0. The quantitative estimate of drug-likeness (QED) is 0.287. The van der Waals surface area contributed by atoms with E-state index in [-0.39, 0.29) is 36.2 Å². The third-order valence-electron chi connectivity index (χ3n) is 2.77. The van der Waals surface area contributed by atoms with Gasteiger partial charge in [0.15, 0.2) is 0 Å². The number of hydrogen-bond acceptors (Lipinski definition) is 4. The Morgan fingerprint density at radius 1 is 0.833 bits per heavy atom. The van der Waals surface area contributed by atoms with Crippen LogP contribution in [0.25, 0.3) is 0 Å². The van der Waals surface area contributed by atoms with Gasteiger partial charge in [0.2, 0.25) is 0 Å². The number of hydrogen-bond donors (Lipinski definition) is 1. The molecule has 0 aromatic heterocycles. The van der Waals surface area contributed by atoms with Crippen LogP contribution in [0.15, 0.2) is 0 Å². The molecule has 0 saturated heterocycles. The minimum atomic E-state index is -1.42. The molecule has 5 heteroatoms. The van der Waals surface area contributed by atoms with Crippen LogP contribution in [0.5, 0.6) is 0 Å². The van der Waals surface area contributed by atoms with Crippen molar-refractivity contribution in [2.24, 2.45) is 0 Å². The molecule has 0 spiro atoms. The number of carbonyl (C=O) groups is 1. The minimum Gasteiger partial charge on any atom is -0.550 e. The van der Waals surface area contributed by atoms with E-state index >= 15 is 0 Å². The molecule has 0 aliphatic carbocycles. The topological polar surface area (TPSA) is 69.6 Å². The number of rotatable bonds is 12. The molecule has 0 aromatic carbocycles. The predicted octanol–water partition coefficient (Wildman–Crippen LogP) is -0.756. The van der Waals surface area contributed by atoms with Crippen LogP contribution in [0.3, 0.4) is 0 Å². The summed E-state index contributed by atoms with van der Waals surface area (Å²) in [4.78, 5) is 9.93. The molecule has 0 radical (unpaired) electrons. The standard InChI is InChI=1S/C13H26O4.Na/c14-11-9-7-5-3-1-2-4-6-8-10-12-17-13(15)16;/h14H,1-12H2,(H,15,16);/q;+1/p-1. The maximum absolute atomic E-state index is 9.93. The summed E-state index contributed by atoms with van der Waals surface area (Å²) in [6.07, 6.45) is 9.82. The fourth-order valence-corrected chi connectivity index (χ4v) is 1.78. The van der Waals surface area contributed by atoms with Crippen LogP contribution in [0.4, 0.5) is 4.79 Å². The first-order valence-electron chi connectivity index (χ1n) is 6.72. The molecule has 0 amide bonds. The van der Waals surface area contributed by atoms with Crippen LogP contribution in [-0.2, 0) is 4.74 Å². The van der Waals surface area contributed by atoms with Gasteiger partial charge in [-0.1, -0.05) is 51.4 Å². The first-order valence-corrected chi connectivity index (χ1v) is 6.72. The van der Waals surface area contributed by atoms with Gasteiger partial charge >= 0.3 is 29.6 Å². The summed E-state index contributed by atoms with van der Waals surface area (Å²) in [5.41, 5.74) is 0. The molecule has 102 valence electrons. The molecule has 0 atom stereocenters. The van der Waals surface area contributed by atoms with Gasteiger partial charge < -0.3 is 19.7 Å². The summed E-state index contributed by atoms with van der Waals surface area (Å²) in [6.45, 7) is 0.581. The summed E-state index contributed by atoms with van der Waals surface area (Å²) in [5, 5.41) is 18.5. The normalized spacial score (nSPS) is 9.83. The van der Waals surface area contributed by atoms with Crippen LogP contribution < -0.4 is 34.7 Å². The maximum atomic E-state index is 9.93. The van der Waals surface area contributed by atoms with E-state index in [0.717, 1.165) is 32.1 Å². The molecular weight excluding hydrogens is 243 g/mol. The van der Waals surface area contributed by atoms with E-state index in [0.29, 0.717) is 6.61 Å². The van der Waals surface area contributed by atoms with Crippen LogP contribution >= 0.6 is 0 Å². The molecule has 0 aliphatic rings. The Hall–Kier alpha value is 0.230. The van der Waals surface area contributed by atoms with Crippen molar-refractivity contribution in [3.8, 4) is 0 Å². The Labute approximate surface area is 132 Å². The number of aliphatic hydroxyl groups is 1. The molecule has 0 saturated carbocycles. The van der Waals surface area contributed by atoms with Gasteiger partial charge in [-0.2, -0.15) is 0 Å². The average Bonchev–Trinajstić information content (AvgIpc) is 2.30. The van der Waals surface area contributed by atoms with Crippen LogP contribution in [0.1, 0.15) is 64.2 Å². The van der Waals surface area contributed by atoms with E-state index in [2.05, 4.69) is 4.74 Å². The van der Waals surface area contributed by atoms with Crippen molar-refractivity contribution >= 4 is 6.16 Å². The summed E-state index contributed by atoms with van der Waals surface area (Å²) < 4.78 is 4.31. The van der Waals surface area contributed by atoms with E-state index in [1.807, 2.05) is 0 Å². The van der Waals surface area contributed by atoms with Gasteiger partial charge in [0.05, 0.1) is 0 Å². The van der Waals surface area contributed by atoms with Crippen molar-refractivity contribution in [3.63, 3.8) is 0 Å². The Morgan fingerprint density at radius 3 is 1.61 bits per heavy atom. The molecule has 4 nitrogen and oxygen atoms in total. The first kappa shape index (κ1) is 20.5. The molecule has 0 rings (SSSR count). The van der Waals surface area contributed by atoms with Crippen molar-refractivity contribution in [1.29, 1.82) is 0 Å². The molecule has 1 N–H and O–H groups in total. The second-order valence-electron chi connectivity index (χ2n) is 4.36. The number of carbonyl (C=O) groups excluding carboxylic acids is 1. The third-order valence-corrected chi connectivity index (χ3v) is 2.77. The Balaban J connectivity index is 0. The fraction of sp³-hybridized carbons (Fsp3) is 0.923.